The fourth-order valence-corrected chi connectivity index (χ4v) is 6.87. The van der Waals surface area contributed by atoms with E-state index in [4.69, 9.17) is 0 Å². The number of hydrogen-bond donors (Lipinski definition) is 0. The molecule has 0 radical (unpaired) electrons. The van der Waals surface area contributed by atoms with E-state index < -0.39 is 0 Å². The van der Waals surface area contributed by atoms with Crippen LogP contribution in [0.5, 0.6) is 0 Å². The van der Waals surface area contributed by atoms with Crippen molar-refractivity contribution in [1.29, 1.82) is 0 Å². The molecule has 0 fully saturated rings. The van der Waals surface area contributed by atoms with Crippen molar-refractivity contribution in [2.45, 2.75) is 0 Å². The molecule has 0 N–H and O–H groups in total. The first-order valence-corrected chi connectivity index (χ1v) is 18.2. The first kappa shape index (κ1) is 34.0. The van der Waals surface area contributed by atoms with Crippen LogP contribution >= 0.6 is 0 Å². The molecule has 0 saturated heterocycles. The molecule has 0 unspecified atom stereocenters. The first-order chi connectivity index (χ1) is 26.8. The van der Waals surface area contributed by atoms with Gasteiger partial charge < -0.3 is 0 Å². The lowest BCUT2D eigenvalue weighted by molar-refractivity contribution is 1.32. The highest BCUT2D eigenvalue weighted by atomic mass is 14.6. The summed E-state index contributed by atoms with van der Waals surface area (Å²) in [6, 6.07) is 65.0. The molecular formula is C52H38N2. The zero-order valence-electron chi connectivity index (χ0n) is 29.8. The minimum atomic E-state index is 1.12. The second-order valence-electron chi connectivity index (χ2n) is 13.0. The van der Waals surface area contributed by atoms with Gasteiger partial charge in [0.2, 0.25) is 0 Å². The first-order valence-electron chi connectivity index (χ1n) is 18.2. The molecule has 0 aliphatic heterocycles. The van der Waals surface area contributed by atoms with Crippen molar-refractivity contribution in [2.75, 3.05) is 0 Å². The van der Waals surface area contributed by atoms with Gasteiger partial charge in [0, 0.05) is 24.8 Å². The molecule has 256 valence electrons. The van der Waals surface area contributed by atoms with Crippen molar-refractivity contribution in [3.05, 3.63) is 251 Å². The van der Waals surface area contributed by atoms with Gasteiger partial charge in [0.1, 0.15) is 0 Å². The summed E-state index contributed by atoms with van der Waals surface area (Å²) < 4.78 is 0. The highest BCUT2D eigenvalue weighted by molar-refractivity contribution is 6.09. The highest BCUT2D eigenvalue weighted by Crippen LogP contribution is 2.43. The van der Waals surface area contributed by atoms with E-state index in [1.54, 1.807) is 0 Å². The van der Waals surface area contributed by atoms with Crippen LogP contribution in [0.3, 0.4) is 0 Å². The Kier molecular flexibility index (Phi) is 10.3. The van der Waals surface area contributed by atoms with Crippen molar-refractivity contribution >= 4 is 35.5 Å². The summed E-state index contributed by atoms with van der Waals surface area (Å²) in [5.74, 6) is 0. The monoisotopic (exact) mass is 690 g/mol. The van der Waals surface area contributed by atoms with Crippen molar-refractivity contribution in [3.63, 3.8) is 0 Å². The third-order valence-electron chi connectivity index (χ3n) is 9.56. The number of rotatable bonds is 10. The molecule has 2 heterocycles. The van der Waals surface area contributed by atoms with Gasteiger partial charge in [-0.1, -0.05) is 182 Å². The van der Waals surface area contributed by atoms with Crippen molar-refractivity contribution < 1.29 is 0 Å². The number of aromatic nitrogens is 2. The molecule has 0 aliphatic carbocycles. The number of pyridine rings is 2. The van der Waals surface area contributed by atoms with Crippen LogP contribution in [0.1, 0.15) is 44.5 Å². The average molecular weight is 691 g/mol. The lowest BCUT2D eigenvalue weighted by Gasteiger charge is -2.22. The van der Waals surface area contributed by atoms with Crippen LogP contribution in [-0.4, -0.2) is 9.97 Å². The Labute approximate surface area is 317 Å². The molecule has 2 aromatic heterocycles. The number of hydrogen-bond acceptors (Lipinski definition) is 2. The number of benzene rings is 6. The smallest absolute Gasteiger partial charge is 0.0273 e. The molecule has 0 saturated carbocycles. The Hall–Kier alpha value is -7.16. The largest absolute Gasteiger partial charge is 0.265 e. The molecular weight excluding hydrogens is 653 g/mol. The van der Waals surface area contributed by atoms with Gasteiger partial charge in [0.15, 0.2) is 0 Å². The van der Waals surface area contributed by atoms with Gasteiger partial charge in [-0.15, -0.1) is 0 Å². The van der Waals surface area contributed by atoms with Crippen LogP contribution in [-0.2, 0) is 0 Å². The second-order valence-corrected chi connectivity index (χ2v) is 13.0. The summed E-state index contributed by atoms with van der Waals surface area (Å²) in [7, 11) is 0. The van der Waals surface area contributed by atoms with Gasteiger partial charge >= 0.3 is 0 Å². The molecule has 2 heteroatoms. The van der Waals surface area contributed by atoms with Crippen LogP contribution in [0.2, 0.25) is 0 Å². The topological polar surface area (TPSA) is 25.8 Å². The van der Waals surface area contributed by atoms with E-state index in [1.807, 2.05) is 49.1 Å². The Bertz CT molecular complexity index is 2350. The van der Waals surface area contributed by atoms with Crippen molar-refractivity contribution in [1.82, 2.24) is 9.97 Å². The summed E-state index contributed by atoms with van der Waals surface area (Å²) >= 11 is 0. The van der Waals surface area contributed by atoms with E-state index in [9.17, 15) is 0 Å². The van der Waals surface area contributed by atoms with Gasteiger partial charge in [-0.25, -0.2) is 0 Å². The Morgan fingerprint density at radius 2 is 0.611 bits per heavy atom. The summed E-state index contributed by atoms with van der Waals surface area (Å²) in [6.45, 7) is 0. The number of nitrogens with zero attached hydrogens (tertiary/aromatic N) is 2. The normalized spacial score (nSPS) is 11.9. The molecule has 0 aliphatic rings. The standard InChI is InChI=1S/C52H38N2/c1-3-11-45(12-4-1)51(49-17-9-7-15-47(49)43-27-23-39(24-28-43)19-21-41-31-35-53-36-32-41)52(46-13-5-2-6-14-46)50-18-10-8-16-48(50)44-29-25-40(26-30-44)20-22-42-33-37-54-38-34-42/h1-38H/b21-19+,22-20+,52-51-. The molecule has 0 spiro atoms. The molecule has 0 amide bonds. The summed E-state index contributed by atoms with van der Waals surface area (Å²) in [4.78, 5) is 8.28. The highest BCUT2D eigenvalue weighted by Gasteiger charge is 2.21. The van der Waals surface area contributed by atoms with E-state index >= 15 is 0 Å². The summed E-state index contributed by atoms with van der Waals surface area (Å²) in [5, 5.41) is 0. The molecule has 54 heavy (non-hydrogen) atoms. The Morgan fingerprint density at radius 1 is 0.296 bits per heavy atom. The third-order valence-corrected chi connectivity index (χ3v) is 9.56. The Balaban J connectivity index is 1.28. The zero-order valence-corrected chi connectivity index (χ0v) is 29.8. The van der Waals surface area contributed by atoms with E-state index in [1.165, 1.54) is 33.4 Å². The van der Waals surface area contributed by atoms with E-state index in [-0.39, 0.29) is 0 Å². The van der Waals surface area contributed by atoms with E-state index in [0.29, 0.717) is 0 Å². The minimum absolute atomic E-state index is 1.12. The minimum Gasteiger partial charge on any atom is -0.265 e. The van der Waals surface area contributed by atoms with Gasteiger partial charge in [0.25, 0.3) is 0 Å². The van der Waals surface area contributed by atoms with Gasteiger partial charge in [-0.3, -0.25) is 9.97 Å². The quantitative estimate of drug-likeness (QED) is 0.134. The molecule has 0 atom stereocenters. The second kappa shape index (κ2) is 16.5. The fourth-order valence-electron chi connectivity index (χ4n) is 6.87. The zero-order chi connectivity index (χ0) is 36.4. The van der Waals surface area contributed by atoms with Crippen LogP contribution in [0.4, 0.5) is 0 Å². The predicted octanol–water partition coefficient (Wildman–Crippen LogP) is 13.2. The molecule has 8 aromatic rings. The maximum Gasteiger partial charge on any atom is 0.0273 e. The van der Waals surface area contributed by atoms with Gasteiger partial charge in [-0.05, 0) is 102 Å². The van der Waals surface area contributed by atoms with Crippen molar-refractivity contribution in [3.8, 4) is 22.3 Å². The van der Waals surface area contributed by atoms with Crippen LogP contribution in [0, 0.1) is 0 Å². The molecule has 6 aromatic carbocycles. The molecule has 2 nitrogen and oxygen atoms in total. The lowest BCUT2D eigenvalue weighted by Crippen LogP contribution is -2.01. The van der Waals surface area contributed by atoms with Gasteiger partial charge in [0.05, 0.1) is 0 Å². The van der Waals surface area contributed by atoms with Crippen LogP contribution < -0.4 is 0 Å². The average Bonchev–Trinajstić information content (AvgIpc) is 3.26. The van der Waals surface area contributed by atoms with E-state index in [2.05, 4.69) is 192 Å². The SMILES string of the molecule is C(=C\c1ccc(-c2ccccc2/C(=C(/c2ccccc2)c2ccccc2-c2ccc(/C=C/c3ccncc3)cc2)c2ccccc2)cc1)/c1ccncc1. The maximum absolute atomic E-state index is 4.14. The van der Waals surface area contributed by atoms with Crippen LogP contribution in [0.25, 0.3) is 57.7 Å². The summed E-state index contributed by atoms with van der Waals surface area (Å²) in [6.07, 6.45) is 15.8. The fraction of sp³-hybridized carbons (Fsp3) is 0. The molecule has 0 bridgehead atoms. The van der Waals surface area contributed by atoms with Crippen LogP contribution in [0.15, 0.2) is 207 Å². The maximum atomic E-state index is 4.14. The predicted molar refractivity (Wildman–Crippen MR) is 228 cm³/mol. The third kappa shape index (κ3) is 7.84. The van der Waals surface area contributed by atoms with Crippen molar-refractivity contribution in [2.24, 2.45) is 0 Å². The lowest BCUT2D eigenvalue weighted by atomic mass is 9.81. The molecule has 8 rings (SSSR count). The Morgan fingerprint density at radius 3 is 0.981 bits per heavy atom. The summed E-state index contributed by atoms with van der Waals surface area (Å²) in [5.41, 5.74) is 16.3. The van der Waals surface area contributed by atoms with E-state index in [0.717, 1.165) is 44.5 Å². The van der Waals surface area contributed by atoms with Gasteiger partial charge in [-0.2, -0.15) is 0 Å².